The number of nitrogens with zero attached hydrogens (tertiary/aromatic N) is 2. The molecule has 7 nitrogen and oxygen atoms in total. The number of ether oxygens (including phenoxy) is 1. The Morgan fingerprint density at radius 3 is 2.31 bits per heavy atom. The molecule has 1 aromatic heterocycles. The predicted octanol–water partition coefficient (Wildman–Crippen LogP) is 1.48. The molecule has 1 aliphatic heterocycles. The predicted molar refractivity (Wildman–Crippen MR) is 123 cm³/mol. The molecule has 32 heavy (non-hydrogen) atoms. The maximum absolute atomic E-state index is 13.4. The Hall–Kier alpha value is -3.52. The fraction of sp³-hybridized carbons (Fsp3) is 0.167. The number of hydrogen-bond donors (Lipinski definition) is 1. The van der Waals surface area contributed by atoms with E-state index in [0.717, 1.165) is 31.4 Å². The van der Waals surface area contributed by atoms with E-state index >= 15 is 0 Å². The van der Waals surface area contributed by atoms with Crippen molar-refractivity contribution in [2.75, 3.05) is 0 Å². The SMILES string of the molecule is CC(=O)OC1=C2C(=[NH+]c3c(c(=O)n(C)c(=O)n3C)C2c2ccc(Br)cc2)c2ccccc21. The van der Waals surface area contributed by atoms with E-state index in [2.05, 4.69) is 20.9 Å². The lowest BCUT2D eigenvalue weighted by Crippen LogP contribution is -2.73. The number of benzene rings is 2. The fourth-order valence-electron chi connectivity index (χ4n) is 4.50. The maximum Gasteiger partial charge on any atom is 0.417 e. The molecule has 5 rings (SSSR count). The third-order valence-corrected chi connectivity index (χ3v) is 6.45. The van der Waals surface area contributed by atoms with Crippen LogP contribution in [0.1, 0.15) is 35.1 Å². The zero-order valence-electron chi connectivity index (χ0n) is 17.6. The van der Waals surface area contributed by atoms with Crippen LogP contribution in [-0.4, -0.2) is 20.8 Å². The van der Waals surface area contributed by atoms with Crippen LogP contribution < -0.4 is 16.2 Å². The molecule has 0 radical (unpaired) electrons. The number of carbonyl (C=O) groups is 1. The smallest absolute Gasteiger partial charge is 0.417 e. The Bertz CT molecular complexity index is 1490. The van der Waals surface area contributed by atoms with E-state index in [-0.39, 0.29) is 0 Å². The average Bonchev–Trinajstić information content (AvgIpc) is 3.08. The quantitative estimate of drug-likeness (QED) is 0.549. The van der Waals surface area contributed by atoms with Crippen molar-refractivity contribution in [2.24, 2.45) is 14.1 Å². The number of nitrogens with one attached hydrogen (secondary N) is 1. The third kappa shape index (κ3) is 2.86. The summed E-state index contributed by atoms with van der Waals surface area (Å²) in [6.07, 6.45) is 0. The third-order valence-electron chi connectivity index (χ3n) is 5.92. The lowest BCUT2D eigenvalue weighted by Gasteiger charge is -2.24. The largest absolute Gasteiger partial charge is 0.426 e. The van der Waals surface area contributed by atoms with Gasteiger partial charge in [0.25, 0.3) is 11.4 Å². The van der Waals surface area contributed by atoms with Gasteiger partial charge in [0, 0.05) is 29.6 Å². The van der Waals surface area contributed by atoms with Gasteiger partial charge in [-0.2, -0.15) is 4.57 Å². The summed E-state index contributed by atoms with van der Waals surface area (Å²) in [6, 6.07) is 15.2. The maximum atomic E-state index is 13.4. The van der Waals surface area contributed by atoms with E-state index in [1.807, 2.05) is 48.5 Å². The Morgan fingerprint density at radius 2 is 1.66 bits per heavy atom. The van der Waals surface area contributed by atoms with E-state index in [1.54, 1.807) is 7.05 Å². The topological polar surface area (TPSA) is 84.3 Å². The van der Waals surface area contributed by atoms with Gasteiger partial charge < -0.3 is 4.74 Å². The van der Waals surface area contributed by atoms with Gasteiger partial charge in [0.1, 0.15) is 17.0 Å². The van der Waals surface area contributed by atoms with Crippen molar-refractivity contribution in [2.45, 2.75) is 12.8 Å². The molecule has 0 saturated carbocycles. The van der Waals surface area contributed by atoms with Crippen LogP contribution in [0.25, 0.3) is 5.76 Å². The molecular formula is C24H19BrN3O4+. The molecule has 3 aromatic rings. The highest BCUT2D eigenvalue weighted by atomic mass is 79.9. The zero-order chi connectivity index (χ0) is 22.7. The summed E-state index contributed by atoms with van der Waals surface area (Å²) >= 11 is 3.46. The Kier molecular flexibility index (Phi) is 4.63. The number of aromatic nitrogens is 2. The van der Waals surface area contributed by atoms with E-state index in [4.69, 9.17) is 4.74 Å². The highest BCUT2D eigenvalue weighted by Crippen LogP contribution is 2.45. The second kappa shape index (κ2) is 7.27. The van der Waals surface area contributed by atoms with Crippen LogP contribution in [0, 0.1) is 0 Å². The van der Waals surface area contributed by atoms with Crippen LogP contribution in [-0.2, 0) is 23.6 Å². The summed E-state index contributed by atoms with van der Waals surface area (Å²) in [4.78, 5) is 41.4. The molecule has 2 aromatic carbocycles. The van der Waals surface area contributed by atoms with Gasteiger partial charge in [-0.05, 0) is 23.8 Å². The number of allylic oxidation sites excluding steroid dienone is 1. The highest BCUT2D eigenvalue weighted by molar-refractivity contribution is 9.10. The van der Waals surface area contributed by atoms with E-state index in [0.29, 0.717) is 22.7 Å². The minimum Gasteiger partial charge on any atom is -0.426 e. The van der Waals surface area contributed by atoms with Crippen molar-refractivity contribution in [3.63, 3.8) is 0 Å². The average molecular weight is 493 g/mol. The van der Waals surface area contributed by atoms with Crippen molar-refractivity contribution in [3.05, 3.63) is 102 Å². The van der Waals surface area contributed by atoms with E-state index in [9.17, 15) is 14.4 Å². The first-order valence-electron chi connectivity index (χ1n) is 10.0. The number of halogens is 1. The zero-order valence-corrected chi connectivity index (χ0v) is 19.2. The molecule has 2 aliphatic rings. The molecule has 0 saturated heterocycles. The second-order valence-electron chi connectivity index (χ2n) is 7.83. The number of esters is 1. The van der Waals surface area contributed by atoms with Crippen LogP contribution in [0.2, 0.25) is 0 Å². The van der Waals surface area contributed by atoms with Gasteiger partial charge in [-0.15, -0.1) is 0 Å². The number of rotatable bonds is 2. The van der Waals surface area contributed by atoms with Gasteiger partial charge in [0.2, 0.25) is 0 Å². The van der Waals surface area contributed by atoms with E-state index in [1.165, 1.54) is 18.5 Å². The molecule has 0 bridgehead atoms. The first-order chi connectivity index (χ1) is 15.3. The van der Waals surface area contributed by atoms with Gasteiger partial charge in [-0.3, -0.25) is 9.59 Å². The minimum absolute atomic E-state index is 0.395. The molecule has 0 spiro atoms. The van der Waals surface area contributed by atoms with Crippen LogP contribution in [0.15, 0.2) is 68.2 Å². The van der Waals surface area contributed by atoms with E-state index < -0.39 is 23.1 Å². The van der Waals surface area contributed by atoms with Gasteiger partial charge in [-0.1, -0.05) is 46.3 Å². The van der Waals surface area contributed by atoms with Gasteiger partial charge in [0.05, 0.1) is 18.5 Å². The molecule has 1 N–H and O–H groups in total. The molecular weight excluding hydrogens is 474 g/mol. The molecule has 1 aliphatic carbocycles. The summed E-state index contributed by atoms with van der Waals surface area (Å²) in [7, 11) is 3.10. The van der Waals surface area contributed by atoms with Gasteiger partial charge in [-0.25, -0.2) is 14.4 Å². The first-order valence-corrected chi connectivity index (χ1v) is 10.8. The van der Waals surface area contributed by atoms with Crippen LogP contribution in [0.3, 0.4) is 0 Å². The standard InChI is InChI=1S/C24H18BrN3O4/c1-12(29)32-21-16-7-5-4-6-15(16)20-18(21)17(13-8-10-14(25)11-9-13)19-22(26-20)27(2)24(31)28(3)23(19)30/h4-11,17H,1-3H3/p+1. The van der Waals surface area contributed by atoms with Crippen LogP contribution >= 0.6 is 15.9 Å². The molecule has 0 fully saturated rings. The molecule has 8 heteroatoms. The van der Waals surface area contributed by atoms with Crippen molar-refractivity contribution in [1.29, 1.82) is 0 Å². The molecule has 160 valence electrons. The summed E-state index contributed by atoms with van der Waals surface area (Å²) in [5.74, 6) is -0.132. The Morgan fingerprint density at radius 1 is 1.00 bits per heavy atom. The van der Waals surface area contributed by atoms with Crippen molar-refractivity contribution >= 4 is 39.2 Å². The summed E-state index contributed by atoms with van der Waals surface area (Å²) in [5.41, 5.74) is 3.48. The minimum atomic E-state index is -0.540. The normalized spacial score (nSPS) is 16.2. The second-order valence-corrected chi connectivity index (χ2v) is 8.75. The Balaban J connectivity index is 1.95. The van der Waals surface area contributed by atoms with Gasteiger partial charge in [0.15, 0.2) is 0 Å². The van der Waals surface area contributed by atoms with Gasteiger partial charge >= 0.3 is 11.7 Å². The summed E-state index contributed by atoms with van der Waals surface area (Å²) in [5, 5.41) is 0. The number of fused-ring (bicyclic) bond motifs is 4. The summed E-state index contributed by atoms with van der Waals surface area (Å²) in [6.45, 7) is 1.36. The van der Waals surface area contributed by atoms with Crippen molar-refractivity contribution in [3.8, 4) is 0 Å². The molecule has 2 heterocycles. The van der Waals surface area contributed by atoms with Crippen LogP contribution in [0.4, 0.5) is 5.82 Å². The molecule has 1 atom stereocenters. The lowest BCUT2D eigenvalue weighted by atomic mass is 9.81. The molecule has 1 unspecified atom stereocenters. The van der Waals surface area contributed by atoms with Crippen molar-refractivity contribution in [1.82, 2.24) is 9.13 Å². The van der Waals surface area contributed by atoms with Crippen molar-refractivity contribution < 1.29 is 14.5 Å². The monoisotopic (exact) mass is 492 g/mol. The molecule has 0 amide bonds. The highest BCUT2D eigenvalue weighted by Gasteiger charge is 2.45. The first kappa shape index (κ1) is 20.4. The number of carbonyl (C=O) groups excluding carboxylic acids is 1. The number of hydrogen-bond acceptors (Lipinski definition) is 4. The Labute approximate surface area is 191 Å². The van der Waals surface area contributed by atoms with Crippen LogP contribution in [0.5, 0.6) is 0 Å². The summed E-state index contributed by atoms with van der Waals surface area (Å²) < 4.78 is 9.16. The fourth-order valence-corrected chi connectivity index (χ4v) is 4.76. The lowest BCUT2D eigenvalue weighted by molar-refractivity contribution is -0.364.